The Morgan fingerprint density at radius 1 is 1.24 bits per heavy atom. The van der Waals surface area contributed by atoms with Crippen LogP contribution in [0.1, 0.15) is 58.3 Å². The summed E-state index contributed by atoms with van der Waals surface area (Å²) in [5.74, 6) is 0.00191. The summed E-state index contributed by atoms with van der Waals surface area (Å²) in [6.45, 7) is 2.23. The Kier molecular flexibility index (Phi) is 6.01. The van der Waals surface area contributed by atoms with Crippen LogP contribution in [0.15, 0.2) is 0 Å². The first-order valence-corrected chi connectivity index (χ1v) is 6.59. The first-order valence-electron chi connectivity index (χ1n) is 6.59. The normalized spacial score (nSPS) is 24.3. The van der Waals surface area contributed by atoms with Crippen molar-refractivity contribution in [3.63, 3.8) is 0 Å². The maximum atomic E-state index is 11.6. The van der Waals surface area contributed by atoms with Crippen LogP contribution in [0.5, 0.6) is 0 Å². The molecule has 17 heavy (non-hydrogen) atoms. The molecule has 1 aliphatic rings. The fourth-order valence-electron chi connectivity index (χ4n) is 2.43. The standard InChI is InChI=1S/C13H23NO3/c1-10-5-4-6-11(9-10)14-12(15)7-2-3-8-13(16)17/h10-11H,2-9H2,1H3,(H,14,15)(H,16,17). The molecule has 0 aromatic heterocycles. The van der Waals surface area contributed by atoms with Crippen molar-refractivity contribution in [1.29, 1.82) is 0 Å². The third-order valence-electron chi connectivity index (χ3n) is 3.35. The van der Waals surface area contributed by atoms with Crippen molar-refractivity contribution in [2.45, 2.75) is 64.3 Å². The molecule has 1 rings (SSSR count). The fraction of sp³-hybridized carbons (Fsp3) is 0.846. The molecule has 0 aromatic rings. The molecule has 0 heterocycles. The summed E-state index contributed by atoms with van der Waals surface area (Å²) in [6.07, 6.45) is 6.51. The minimum atomic E-state index is -0.786. The average molecular weight is 241 g/mol. The number of carbonyl (C=O) groups excluding carboxylic acids is 1. The second kappa shape index (κ2) is 7.30. The molecule has 1 fully saturated rings. The first kappa shape index (κ1) is 14.0. The highest BCUT2D eigenvalue weighted by atomic mass is 16.4. The number of carboxylic acids is 1. The van der Waals surface area contributed by atoms with Crippen molar-refractivity contribution >= 4 is 11.9 Å². The Bertz CT molecular complexity index is 265. The molecule has 98 valence electrons. The summed E-state index contributed by atoms with van der Waals surface area (Å²) in [7, 11) is 0. The molecule has 2 unspecified atom stereocenters. The van der Waals surface area contributed by atoms with E-state index in [4.69, 9.17) is 5.11 Å². The Balaban J connectivity index is 2.09. The van der Waals surface area contributed by atoms with E-state index in [0.29, 0.717) is 31.2 Å². The van der Waals surface area contributed by atoms with Gasteiger partial charge in [-0.15, -0.1) is 0 Å². The lowest BCUT2D eigenvalue weighted by atomic mass is 9.87. The molecule has 0 radical (unpaired) electrons. The second-order valence-electron chi connectivity index (χ2n) is 5.14. The summed E-state index contributed by atoms with van der Waals surface area (Å²) in [5.41, 5.74) is 0. The number of hydrogen-bond acceptors (Lipinski definition) is 2. The largest absolute Gasteiger partial charge is 0.481 e. The zero-order valence-electron chi connectivity index (χ0n) is 10.6. The molecule has 2 N–H and O–H groups in total. The van der Waals surface area contributed by atoms with Gasteiger partial charge < -0.3 is 10.4 Å². The molecular formula is C13H23NO3. The van der Waals surface area contributed by atoms with Gasteiger partial charge in [0.05, 0.1) is 0 Å². The number of carboxylic acid groups (broad SMARTS) is 1. The quantitative estimate of drug-likeness (QED) is 0.701. The topological polar surface area (TPSA) is 66.4 Å². The van der Waals surface area contributed by atoms with Crippen LogP contribution in [0.2, 0.25) is 0 Å². The van der Waals surface area contributed by atoms with E-state index in [9.17, 15) is 9.59 Å². The van der Waals surface area contributed by atoms with Crippen LogP contribution in [0.25, 0.3) is 0 Å². The first-order chi connectivity index (χ1) is 8.08. The van der Waals surface area contributed by atoms with E-state index in [2.05, 4.69) is 12.2 Å². The van der Waals surface area contributed by atoms with Crippen molar-refractivity contribution in [2.24, 2.45) is 5.92 Å². The summed E-state index contributed by atoms with van der Waals surface area (Å²) in [6, 6.07) is 0.339. The zero-order chi connectivity index (χ0) is 12.7. The summed E-state index contributed by atoms with van der Waals surface area (Å²) in [5, 5.41) is 11.5. The molecule has 1 amide bonds. The van der Waals surface area contributed by atoms with Crippen LogP contribution in [0.3, 0.4) is 0 Å². The molecule has 0 aromatic carbocycles. The van der Waals surface area contributed by atoms with E-state index in [1.54, 1.807) is 0 Å². The van der Waals surface area contributed by atoms with E-state index >= 15 is 0 Å². The van der Waals surface area contributed by atoms with Gasteiger partial charge >= 0.3 is 5.97 Å². The Morgan fingerprint density at radius 3 is 2.59 bits per heavy atom. The van der Waals surface area contributed by atoms with Gasteiger partial charge in [-0.3, -0.25) is 9.59 Å². The molecule has 0 saturated heterocycles. The third-order valence-corrected chi connectivity index (χ3v) is 3.35. The van der Waals surface area contributed by atoms with Crippen LogP contribution < -0.4 is 5.32 Å². The highest BCUT2D eigenvalue weighted by Gasteiger charge is 2.19. The van der Waals surface area contributed by atoms with Gasteiger partial charge in [0, 0.05) is 18.9 Å². The molecule has 4 heteroatoms. The van der Waals surface area contributed by atoms with Crippen molar-refractivity contribution < 1.29 is 14.7 Å². The van der Waals surface area contributed by atoms with Crippen molar-refractivity contribution in [3.05, 3.63) is 0 Å². The number of rotatable bonds is 6. The van der Waals surface area contributed by atoms with Gasteiger partial charge in [-0.1, -0.05) is 19.8 Å². The third kappa shape index (κ3) is 6.29. The number of amides is 1. The highest BCUT2D eigenvalue weighted by Crippen LogP contribution is 2.23. The minimum Gasteiger partial charge on any atom is -0.481 e. The number of hydrogen-bond donors (Lipinski definition) is 2. The molecule has 0 bridgehead atoms. The van der Waals surface area contributed by atoms with Gasteiger partial charge in [-0.05, 0) is 31.6 Å². The summed E-state index contributed by atoms with van der Waals surface area (Å²) >= 11 is 0. The highest BCUT2D eigenvalue weighted by molar-refractivity contribution is 5.76. The molecule has 1 saturated carbocycles. The predicted molar refractivity (Wildman–Crippen MR) is 65.7 cm³/mol. The van der Waals surface area contributed by atoms with Crippen LogP contribution >= 0.6 is 0 Å². The lowest BCUT2D eigenvalue weighted by Gasteiger charge is -2.27. The molecule has 1 aliphatic carbocycles. The lowest BCUT2D eigenvalue weighted by molar-refractivity contribution is -0.137. The van der Waals surface area contributed by atoms with Crippen molar-refractivity contribution in [3.8, 4) is 0 Å². The van der Waals surface area contributed by atoms with Crippen molar-refractivity contribution in [2.75, 3.05) is 0 Å². The molecule has 0 aliphatic heterocycles. The number of unbranched alkanes of at least 4 members (excludes halogenated alkanes) is 1. The molecule has 0 spiro atoms. The Morgan fingerprint density at radius 2 is 1.94 bits per heavy atom. The maximum absolute atomic E-state index is 11.6. The van der Waals surface area contributed by atoms with Gasteiger partial charge in [0.2, 0.25) is 5.91 Å². The lowest BCUT2D eigenvalue weighted by Crippen LogP contribution is -2.37. The van der Waals surface area contributed by atoms with E-state index in [-0.39, 0.29) is 12.3 Å². The smallest absolute Gasteiger partial charge is 0.303 e. The van der Waals surface area contributed by atoms with Gasteiger partial charge in [-0.2, -0.15) is 0 Å². The number of nitrogens with one attached hydrogen (secondary N) is 1. The maximum Gasteiger partial charge on any atom is 0.303 e. The Labute approximate surface area is 103 Å². The van der Waals surface area contributed by atoms with E-state index < -0.39 is 5.97 Å². The second-order valence-corrected chi connectivity index (χ2v) is 5.14. The molecule has 2 atom stereocenters. The van der Waals surface area contributed by atoms with Gasteiger partial charge in [0.15, 0.2) is 0 Å². The zero-order valence-corrected chi connectivity index (χ0v) is 10.6. The van der Waals surface area contributed by atoms with Crippen LogP contribution in [0.4, 0.5) is 0 Å². The van der Waals surface area contributed by atoms with E-state index in [1.807, 2.05) is 0 Å². The van der Waals surface area contributed by atoms with Crippen LogP contribution in [-0.2, 0) is 9.59 Å². The number of aliphatic carboxylic acids is 1. The minimum absolute atomic E-state index is 0.0782. The Hall–Kier alpha value is -1.06. The van der Waals surface area contributed by atoms with Gasteiger partial charge in [0.25, 0.3) is 0 Å². The summed E-state index contributed by atoms with van der Waals surface area (Å²) < 4.78 is 0. The number of carbonyl (C=O) groups is 2. The van der Waals surface area contributed by atoms with Crippen LogP contribution in [-0.4, -0.2) is 23.0 Å². The monoisotopic (exact) mass is 241 g/mol. The van der Waals surface area contributed by atoms with E-state index in [1.165, 1.54) is 12.8 Å². The average Bonchev–Trinajstić information content (AvgIpc) is 2.24. The predicted octanol–water partition coefficient (Wildman–Crippen LogP) is 2.33. The van der Waals surface area contributed by atoms with E-state index in [0.717, 1.165) is 12.8 Å². The fourth-order valence-corrected chi connectivity index (χ4v) is 2.43. The van der Waals surface area contributed by atoms with Gasteiger partial charge in [-0.25, -0.2) is 0 Å². The van der Waals surface area contributed by atoms with Crippen LogP contribution in [0, 0.1) is 5.92 Å². The van der Waals surface area contributed by atoms with Gasteiger partial charge in [0.1, 0.15) is 0 Å². The molecule has 4 nitrogen and oxygen atoms in total. The SMILES string of the molecule is CC1CCCC(NC(=O)CCCCC(=O)O)C1. The van der Waals surface area contributed by atoms with Crippen molar-refractivity contribution in [1.82, 2.24) is 5.32 Å². The molecular weight excluding hydrogens is 218 g/mol. The summed E-state index contributed by atoms with van der Waals surface area (Å²) in [4.78, 5) is 21.9.